The fourth-order valence-electron chi connectivity index (χ4n) is 3.58. The number of carboxylic acid groups (broad SMARTS) is 1. The van der Waals surface area contributed by atoms with E-state index in [0.29, 0.717) is 18.7 Å². The van der Waals surface area contributed by atoms with Crippen molar-refractivity contribution in [2.45, 2.75) is 19.5 Å². The summed E-state index contributed by atoms with van der Waals surface area (Å²) < 4.78 is 0. The molecule has 4 rings (SSSR count). The van der Waals surface area contributed by atoms with E-state index in [1.807, 2.05) is 30.3 Å². The van der Waals surface area contributed by atoms with Gasteiger partial charge in [-0.3, -0.25) is 9.59 Å². The van der Waals surface area contributed by atoms with Crippen molar-refractivity contribution in [3.8, 4) is 11.3 Å². The number of amides is 1. The molecule has 1 atom stereocenters. The molecule has 0 bridgehead atoms. The quantitative estimate of drug-likeness (QED) is 0.321. The number of aromatic nitrogens is 1. The van der Waals surface area contributed by atoms with E-state index in [4.69, 9.17) is 10.1 Å². The van der Waals surface area contributed by atoms with E-state index in [2.05, 4.69) is 52.5 Å². The standard InChI is InChI=1S/C27H25N3O3S/c1-3-14-30(16-19-8-10-21(11-9-19)25(31)28-18(2)26(32)33)27-29-24(17-34-27)23-13-12-20-6-4-5-7-22(20)15-23/h3-13,15,17-18H,1,14,16H2,2H3,(H,28,31)(H,32,33). The zero-order valence-electron chi connectivity index (χ0n) is 18.8. The molecular weight excluding hydrogens is 446 g/mol. The molecule has 172 valence electrons. The monoisotopic (exact) mass is 471 g/mol. The topological polar surface area (TPSA) is 82.5 Å². The minimum absolute atomic E-state index is 0.413. The fraction of sp³-hybridized carbons (Fsp3) is 0.148. The maximum absolute atomic E-state index is 12.2. The summed E-state index contributed by atoms with van der Waals surface area (Å²) in [6, 6.07) is 20.8. The first-order chi connectivity index (χ1) is 16.4. The average molecular weight is 472 g/mol. The van der Waals surface area contributed by atoms with Crippen molar-refractivity contribution < 1.29 is 14.7 Å². The molecule has 1 heterocycles. The van der Waals surface area contributed by atoms with E-state index in [1.54, 1.807) is 23.5 Å². The lowest BCUT2D eigenvalue weighted by Gasteiger charge is -2.20. The lowest BCUT2D eigenvalue weighted by atomic mass is 10.1. The first-order valence-corrected chi connectivity index (χ1v) is 11.8. The number of benzene rings is 3. The van der Waals surface area contributed by atoms with Gasteiger partial charge in [0.15, 0.2) is 5.13 Å². The minimum Gasteiger partial charge on any atom is -0.480 e. The Balaban J connectivity index is 1.49. The van der Waals surface area contributed by atoms with Gasteiger partial charge in [-0.2, -0.15) is 0 Å². The largest absolute Gasteiger partial charge is 0.480 e. The third-order valence-electron chi connectivity index (χ3n) is 5.46. The highest BCUT2D eigenvalue weighted by atomic mass is 32.1. The molecule has 1 unspecified atom stereocenters. The van der Waals surface area contributed by atoms with Crippen LogP contribution in [-0.2, 0) is 11.3 Å². The molecular formula is C27H25N3O3S. The molecule has 1 aromatic heterocycles. The smallest absolute Gasteiger partial charge is 0.325 e. The van der Waals surface area contributed by atoms with E-state index in [1.165, 1.54) is 17.7 Å². The van der Waals surface area contributed by atoms with Crippen molar-refractivity contribution in [3.63, 3.8) is 0 Å². The van der Waals surface area contributed by atoms with Crippen LogP contribution in [0.25, 0.3) is 22.0 Å². The number of thiazole rings is 1. The van der Waals surface area contributed by atoms with Crippen LogP contribution in [0.1, 0.15) is 22.8 Å². The second-order valence-electron chi connectivity index (χ2n) is 7.98. The van der Waals surface area contributed by atoms with Gasteiger partial charge in [0.25, 0.3) is 5.91 Å². The number of carbonyl (C=O) groups is 2. The molecule has 2 N–H and O–H groups in total. The summed E-state index contributed by atoms with van der Waals surface area (Å²) in [6.45, 7) is 6.54. The molecule has 3 aromatic carbocycles. The molecule has 1 amide bonds. The average Bonchev–Trinajstić information content (AvgIpc) is 3.34. The molecule has 4 aromatic rings. The Hall–Kier alpha value is -3.97. The summed E-state index contributed by atoms with van der Waals surface area (Å²) in [6.07, 6.45) is 1.84. The summed E-state index contributed by atoms with van der Waals surface area (Å²) in [7, 11) is 0. The number of hydrogen-bond donors (Lipinski definition) is 2. The van der Waals surface area contributed by atoms with Gasteiger partial charge in [-0.15, -0.1) is 17.9 Å². The third-order valence-corrected chi connectivity index (χ3v) is 6.37. The SMILES string of the molecule is C=CCN(Cc1ccc(C(=O)NC(C)C(=O)O)cc1)c1nc(-c2ccc3ccccc3c2)cs1. The van der Waals surface area contributed by atoms with Gasteiger partial charge in [-0.25, -0.2) is 4.98 Å². The number of hydrogen-bond acceptors (Lipinski definition) is 5. The number of fused-ring (bicyclic) bond motifs is 1. The first kappa shape index (κ1) is 23.2. The van der Waals surface area contributed by atoms with Gasteiger partial charge < -0.3 is 15.3 Å². The van der Waals surface area contributed by atoms with Gasteiger partial charge in [0.05, 0.1) is 5.69 Å². The molecule has 0 radical (unpaired) electrons. The number of nitrogens with zero attached hydrogens (tertiary/aromatic N) is 2. The van der Waals surface area contributed by atoms with E-state index in [9.17, 15) is 9.59 Å². The molecule has 0 fully saturated rings. The summed E-state index contributed by atoms with van der Waals surface area (Å²) >= 11 is 1.58. The van der Waals surface area contributed by atoms with Crippen LogP contribution in [0.5, 0.6) is 0 Å². The van der Waals surface area contributed by atoms with Crippen LogP contribution >= 0.6 is 11.3 Å². The van der Waals surface area contributed by atoms with Gasteiger partial charge in [-0.1, -0.05) is 54.6 Å². The van der Waals surface area contributed by atoms with Crippen LogP contribution in [0.15, 0.2) is 84.8 Å². The molecule has 6 nitrogen and oxygen atoms in total. The van der Waals surface area contributed by atoms with Gasteiger partial charge >= 0.3 is 5.97 Å². The van der Waals surface area contributed by atoms with Crippen LogP contribution in [0.2, 0.25) is 0 Å². The molecule has 0 aliphatic rings. The summed E-state index contributed by atoms with van der Waals surface area (Å²) in [5, 5.41) is 16.8. The lowest BCUT2D eigenvalue weighted by molar-refractivity contribution is -0.138. The van der Waals surface area contributed by atoms with Gasteiger partial charge in [-0.05, 0) is 41.5 Å². The highest BCUT2D eigenvalue weighted by molar-refractivity contribution is 7.14. The summed E-state index contributed by atoms with van der Waals surface area (Å²) in [5.74, 6) is -1.49. The predicted molar refractivity (Wildman–Crippen MR) is 137 cm³/mol. The Morgan fingerprint density at radius 2 is 1.85 bits per heavy atom. The van der Waals surface area contributed by atoms with Crippen LogP contribution in [-0.4, -0.2) is 34.6 Å². The Morgan fingerprint density at radius 1 is 1.12 bits per heavy atom. The van der Waals surface area contributed by atoms with Crippen molar-refractivity contribution in [1.29, 1.82) is 0 Å². The highest BCUT2D eigenvalue weighted by Crippen LogP contribution is 2.30. The summed E-state index contributed by atoms with van der Waals surface area (Å²) in [4.78, 5) is 30.2. The zero-order chi connectivity index (χ0) is 24.1. The van der Waals surface area contributed by atoms with Crippen molar-refractivity contribution in [2.24, 2.45) is 0 Å². The van der Waals surface area contributed by atoms with Gasteiger partial charge in [0.2, 0.25) is 0 Å². The van der Waals surface area contributed by atoms with E-state index < -0.39 is 17.9 Å². The van der Waals surface area contributed by atoms with Gasteiger partial charge in [0, 0.05) is 29.6 Å². The Labute approximate surface area is 202 Å². The normalized spacial score (nSPS) is 11.7. The molecule has 7 heteroatoms. The second-order valence-corrected chi connectivity index (χ2v) is 8.81. The van der Waals surface area contributed by atoms with Gasteiger partial charge in [0.1, 0.15) is 6.04 Å². The zero-order valence-corrected chi connectivity index (χ0v) is 19.6. The number of carboxylic acids is 1. The molecule has 0 saturated heterocycles. The van der Waals surface area contributed by atoms with Crippen LogP contribution in [0, 0.1) is 0 Å². The lowest BCUT2D eigenvalue weighted by Crippen LogP contribution is -2.38. The Kier molecular flexibility index (Phi) is 7.04. The van der Waals surface area contributed by atoms with Crippen molar-refractivity contribution >= 4 is 39.1 Å². The first-order valence-electron chi connectivity index (χ1n) is 10.9. The minimum atomic E-state index is -1.07. The molecule has 0 aliphatic carbocycles. The number of nitrogens with one attached hydrogen (secondary N) is 1. The second kappa shape index (κ2) is 10.3. The van der Waals surface area contributed by atoms with Crippen LogP contribution in [0.4, 0.5) is 5.13 Å². The molecule has 0 aliphatic heterocycles. The number of aliphatic carboxylic acids is 1. The third kappa shape index (κ3) is 5.32. The number of rotatable bonds is 9. The van der Waals surface area contributed by atoms with E-state index in [-0.39, 0.29) is 0 Å². The number of anilines is 1. The van der Waals surface area contributed by atoms with E-state index >= 15 is 0 Å². The highest BCUT2D eigenvalue weighted by Gasteiger charge is 2.16. The Bertz CT molecular complexity index is 1330. The number of carbonyl (C=O) groups excluding carboxylic acids is 1. The predicted octanol–water partition coefficient (Wildman–Crippen LogP) is 5.36. The fourth-order valence-corrected chi connectivity index (χ4v) is 4.43. The van der Waals surface area contributed by atoms with Crippen molar-refractivity contribution in [1.82, 2.24) is 10.3 Å². The van der Waals surface area contributed by atoms with E-state index in [0.717, 1.165) is 22.0 Å². The maximum atomic E-state index is 12.2. The molecule has 34 heavy (non-hydrogen) atoms. The molecule has 0 saturated carbocycles. The Morgan fingerprint density at radius 3 is 2.56 bits per heavy atom. The van der Waals surface area contributed by atoms with Crippen molar-refractivity contribution in [2.75, 3.05) is 11.4 Å². The maximum Gasteiger partial charge on any atom is 0.325 e. The molecule has 0 spiro atoms. The summed E-state index contributed by atoms with van der Waals surface area (Å²) in [5.41, 5.74) is 3.43. The van der Waals surface area contributed by atoms with Crippen LogP contribution in [0.3, 0.4) is 0 Å². The van der Waals surface area contributed by atoms with Crippen molar-refractivity contribution in [3.05, 3.63) is 95.9 Å². The van der Waals surface area contributed by atoms with Crippen LogP contribution < -0.4 is 10.2 Å².